The molecule has 8 heteroatoms. The van der Waals surface area contributed by atoms with Gasteiger partial charge in [0.2, 0.25) is 0 Å². The number of alkyl carbamates (subject to hydrolysis) is 1. The second kappa shape index (κ2) is 7.78. The van der Waals surface area contributed by atoms with Crippen molar-refractivity contribution >= 4 is 41.5 Å². The first kappa shape index (κ1) is 18.9. The van der Waals surface area contributed by atoms with Crippen LogP contribution in [0.4, 0.5) is 4.79 Å². The van der Waals surface area contributed by atoms with Gasteiger partial charge in [-0.15, -0.1) is 23.5 Å². The second-order valence-electron chi connectivity index (χ2n) is 6.97. The fourth-order valence-corrected chi connectivity index (χ4v) is 8.32. The topological polar surface area (TPSA) is 81.7 Å². The third-order valence-corrected chi connectivity index (χ3v) is 9.54. The molecule has 1 spiro atoms. The molecule has 2 amide bonds. The van der Waals surface area contributed by atoms with E-state index in [4.69, 9.17) is 4.74 Å². The number of methoxy groups -OCH3 is 1. The molecule has 0 radical (unpaired) electrons. The van der Waals surface area contributed by atoms with Gasteiger partial charge in [0, 0.05) is 11.5 Å². The molecule has 0 aromatic rings. The molecule has 25 heavy (non-hydrogen) atoms. The molecule has 1 N–H and O–H groups in total. The quantitative estimate of drug-likeness (QED) is 0.746. The van der Waals surface area contributed by atoms with E-state index in [0.29, 0.717) is 15.9 Å². The standard InChI is InChI=1S/C17H25NO5S2/c1-10(14(19)18-16(21)22-2)23-15(20)11-8-12-4-3-5-13(9-11)17(12)24-6-7-25-17/h10-13H,3-9H2,1-2H3,(H,18,19,21)/t10-,11?,12-,13+/m1/s1. The number of carbonyl (C=O) groups is 3. The third kappa shape index (κ3) is 3.79. The normalized spacial score (nSPS) is 31.2. The minimum Gasteiger partial charge on any atom is -0.453 e. The number of esters is 1. The number of rotatable bonds is 3. The number of ether oxygens (including phenoxy) is 2. The van der Waals surface area contributed by atoms with E-state index in [0.717, 1.165) is 12.8 Å². The van der Waals surface area contributed by atoms with Gasteiger partial charge in [-0.1, -0.05) is 6.42 Å². The Morgan fingerprint density at radius 3 is 2.28 bits per heavy atom. The van der Waals surface area contributed by atoms with Crippen LogP contribution in [0.25, 0.3) is 0 Å². The molecule has 3 rings (SSSR count). The van der Waals surface area contributed by atoms with Crippen molar-refractivity contribution in [3.8, 4) is 0 Å². The van der Waals surface area contributed by atoms with E-state index in [9.17, 15) is 14.4 Å². The van der Waals surface area contributed by atoms with Crippen LogP contribution in [0.2, 0.25) is 0 Å². The van der Waals surface area contributed by atoms with Gasteiger partial charge >= 0.3 is 12.1 Å². The maximum Gasteiger partial charge on any atom is 0.413 e. The lowest BCUT2D eigenvalue weighted by atomic mass is 9.67. The van der Waals surface area contributed by atoms with E-state index < -0.39 is 18.1 Å². The zero-order chi connectivity index (χ0) is 18.0. The Hall–Kier alpha value is -0.890. The van der Waals surface area contributed by atoms with Gasteiger partial charge in [-0.05, 0) is 44.4 Å². The van der Waals surface area contributed by atoms with Crippen molar-refractivity contribution in [3.05, 3.63) is 0 Å². The molecule has 4 atom stereocenters. The number of hydrogen-bond acceptors (Lipinski definition) is 7. The summed E-state index contributed by atoms with van der Waals surface area (Å²) in [5, 5.41) is 2.03. The Bertz CT molecular complexity index is 533. The van der Waals surface area contributed by atoms with Crippen LogP contribution in [-0.4, -0.2) is 46.8 Å². The number of hydrogen-bond donors (Lipinski definition) is 1. The van der Waals surface area contributed by atoms with Gasteiger partial charge in [0.05, 0.1) is 17.1 Å². The first-order valence-electron chi connectivity index (χ1n) is 8.83. The molecule has 1 unspecified atom stereocenters. The second-order valence-corrected chi connectivity index (χ2v) is 9.97. The lowest BCUT2D eigenvalue weighted by Gasteiger charge is -2.51. The third-order valence-electron chi connectivity index (χ3n) is 5.53. The Kier molecular flexibility index (Phi) is 5.88. The van der Waals surface area contributed by atoms with Gasteiger partial charge < -0.3 is 9.47 Å². The minimum atomic E-state index is -1.00. The highest BCUT2D eigenvalue weighted by Gasteiger charge is 2.55. The van der Waals surface area contributed by atoms with Crippen molar-refractivity contribution < 1.29 is 23.9 Å². The molecule has 1 aliphatic heterocycles. The fourth-order valence-electron chi connectivity index (χ4n) is 4.38. The highest BCUT2D eigenvalue weighted by Crippen LogP contribution is 2.64. The van der Waals surface area contributed by atoms with E-state index in [1.807, 2.05) is 5.32 Å². The van der Waals surface area contributed by atoms with E-state index in [-0.39, 0.29) is 11.9 Å². The smallest absolute Gasteiger partial charge is 0.413 e. The summed E-state index contributed by atoms with van der Waals surface area (Å²) in [4.78, 5) is 35.5. The lowest BCUT2D eigenvalue weighted by Crippen LogP contribution is -2.49. The van der Waals surface area contributed by atoms with Crippen LogP contribution in [0.3, 0.4) is 0 Å². The van der Waals surface area contributed by atoms with Crippen LogP contribution < -0.4 is 5.32 Å². The Morgan fingerprint density at radius 1 is 1.12 bits per heavy atom. The molecule has 140 valence electrons. The van der Waals surface area contributed by atoms with Gasteiger partial charge in [-0.3, -0.25) is 14.9 Å². The first-order chi connectivity index (χ1) is 12.0. The highest BCUT2D eigenvalue weighted by atomic mass is 32.2. The summed E-state index contributed by atoms with van der Waals surface area (Å²) in [5.74, 6) is 2.40. The number of imide groups is 1. The summed E-state index contributed by atoms with van der Waals surface area (Å²) in [5.41, 5.74) is 0. The van der Waals surface area contributed by atoms with Crippen molar-refractivity contribution in [3.63, 3.8) is 0 Å². The molecule has 3 aliphatic rings. The van der Waals surface area contributed by atoms with Crippen molar-refractivity contribution in [2.45, 2.75) is 49.2 Å². The average molecular weight is 388 g/mol. The van der Waals surface area contributed by atoms with Gasteiger partial charge in [-0.25, -0.2) is 4.79 Å². The van der Waals surface area contributed by atoms with E-state index in [1.165, 1.54) is 44.8 Å². The molecule has 6 nitrogen and oxygen atoms in total. The summed E-state index contributed by atoms with van der Waals surface area (Å²) in [6.45, 7) is 1.48. The summed E-state index contributed by atoms with van der Waals surface area (Å²) in [6, 6.07) is 0. The molecule has 2 aliphatic carbocycles. The summed E-state index contributed by atoms with van der Waals surface area (Å²) in [7, 11) is 1.18. The fraction of sp³-hybridized carbons (Fsp3) is 0.824. The molecule has 0 aromatic heterocycles. The monoisotopic (exact) mass is 387 g/mol. The summed E-state index contributed by atoms with van der Waals surface area (Å²) < 4.78 is 10.0. The Balaban J connectivity index is 1.59. The molecular weight excluding hydrogens is 362 g/mol. The van der Waals surface area contributed by atoms with Crippen molar-refractivity contribution in [2.24, 2.45) is 17.8 Å². The zero-order valence-corrected chi connectivity index (χ0v) is 16.2. The number of nitrogens with one attached hydrogen (secondary N) is 1. The molecule has 0 aromatic carbocycles. The summed E-state index contributed by atoms with van der Waals surface area (Å²) in [6.07, 6.45) is 3.45. The first-order valence-corrected chi connectivity index (χ1v) is 10.8. The molecule has 1 heterocycles. The van der Waals surface area contributed by atoms with Crippen molar-refractivity contribution in [2.75, 3.05) is 18.6 Å². The van der Waals surface area contributed by atoms with E-state index in [1.54, 1.807) is 0 Å². The minimum absolute atomic E-state index is 0.142. The van der Waals surface area contributed by atoms with Crippen LogP contribution in [0.15, 0.2) is 0 Å². The Labute approximate surface area is 156 Å². The zero-order valence-electron chi connectivity index (χ0n) is 14.6. The summed E-state index contributed by atoms with van der Waals surface area (Å²) >= 11 is 4.19. The van der Waals surface area contributed by atoms with E-state index >= 15 is 0 Å². The van der Waals surface area contributed by atoms with Crippen LogP contribution in [-0.2, 0) is 19.1 Å². The van der Waals surface area contributed by atoms with Crippen LogP contribution in [0.1, 0.15) is 39.0 Å². The predicted molar refractivity (Wildman–Crippen MR) is 97.3 cm³/mol. The van der Waals surface area contributed by atoms with Crippen LogP contribution >= 0.6 is 23.5 Å². The van der Waals surface area contributed by atoms with Crippen LogP contribution in [0, 0.1) is 17.8 Å². The Morgan fingerprint density at radius 2 is 1.72 bits per heavy atom. The van der Waals surface area contributed by atoms with Gasteiger partial charge in [0.1, 0.15) is 0 Å². The number of carbonyl (C=O) groups excluding carboxylic acids is 3. The van der Waals surface area contributed by atoms with Gasteiger partial charge in [-0.2, -0.15) is 0 Å². The molecular formula is C17H25NO5S2. The average Bonchev–Trinajstić information content (AvgIpc) is 3.03. The highest BCUT2D eigenvalue weighted by molar-refractivity contribution is 8.21. The van der Waals surface area contributed by atoms with Crippen LogP contribution in [0.5, 0.6) is 0 Å². The van der Waals surface area contributed by atoms with Crippen molar-refractivity contribution in [1.29, 1.82) is 0 Å². The van der Waals surface area contributed by atoms with Gasteiger partial charge in [0.15, 0.2) is 6.10 Å². The molecule has 3 fully saturated rings. The molecule has 2 saturated carbocycles. The number of amides is 2. The SMILES string of the molecule is COC(=O)NC(=O)[C@@H](C)OC(=O)C1C[C@H]2CCC[C@@H](C1)C21SCCS1. The lowest BCUT2D eigenvalue weighted by molar-refractivity contribution is -0.161. The molecule has 1 saturated heterocycles. The number of thioether (sulfide) groups is 2. The van der Waals surface area contributed by atoms with Crippen molar-refractivity contribution in [1.82, 2.24) is 5.32 Å². The maximum atomic E-state index is 12.6. The van der Waals surface area contributed by atoms with Gasteiger partial charge in [0.25, 0.3) is 5.91 Å². The molecule has 2 bridgehead atoms. The van der Waals surface area contributed by atoms with E-state index in [2.05, 4.69) is 28.3 Å². The maximum absolute atomic E-state index is 12.6. The predicted octanol–water partition coefficient (Wildman–Crippen LogP) is 2.80. The largest absolute Gasteiger partial charge is 0.453 e.